The van der Waals surface area contributed by atoms with Crippen molar-refractivity contribution in [1.29, 1.82) is 0 Å². The third kappa shape index (κ3) is 2.40. The normalized spacial score (nSPS) is 22.4. The zero-order valence-electron chi connectivity index (χ0n) is 12.6. The summed E-state index contributed by atoms with van der Waals surface area (Å²) in [5, 5.41) is 0. The summed E-state index contributed by atoms with van der Waals surface area (Å²) in [5.41, 5.74) is 7.94. The van der Waals surface area contributed by atoms with Gasteiger partial charge in [-0.1, -0.05) is 0 Å². The highest BCUT2D eigenvalue weighted by atomic mass is 16.5. The molecule has 0 spiro atoms. The summed E-state index contributed by atoms with van der Waals surface area (Å²) in [6.07, 6.45) is 2.11. The second-order valence-corrected chi connectivity index (χ2v) is 5.40. The van der Waals surface area contributed by atoms with E-state index in [1.165, 1.54) is 0 Å². The van der Waals surface area contributed by atoms with E-state index < -0.39 is 0 Å². The Morgan fingerprint density at radius 3 is 2.67 bits per heavy atom. The fraction of sp³-hybridized carbons (Fsp3) is 0.533. The number of fused-ring (bicyclic) bond motifs is 1. The third-order valence-corrected chi connectivity index (χ3v) is 4.04. The first-order valence-corrected chi connectivity index (χ1v) is 7.15. The highest BCUT2D eigenvalue weighted by Crippen LogP contribution is 2.36. The van der Waals surface area contributed by atoms with Crippen LogP contribution in [0, 0.1) is 0 Å². The molecule has 0 saturated carbocycles. The van der Waals surface area contributed by atoms with Crippen molar-refractivity contribution < 1.29 is 14.2 Å². The molecule has 2 aromatic rings. The highest BCUT2D eigenvalue weighted by Gasteiger charge is 2.25. The summed E-state index contributed by atoms with van der Waals surface area (Å²) < 4.78 is 18.4. The van der Waals surface area contributed by atoms with E-state index in [1.54, 1.807) is 14.2 Å². The Hall–Kier alpha value is -1.95. The molecule has 1 aliphatic heterocycles. The van der Waals surface area contributed by atoms with Crippen LogP contribution in [0.1, 0.15) is 25.8 Å². The molecule has 6 nitrogen and oxygen atoms in total. The molecule has 0 aliphatic carbocycles. The lowest BCUT2D eigenvalue weighted by atomic mass is 10.0. The maximum absolute atomic E-state index is 6.14. The van der Waals surface area contributed by atoms with Gasteiger partial charge in [-0.25, -0.2) is 4.98 Å². The molecule has 0 bridgehead atoms. The lowest BCUT2D eigenvalue weighted by molar-refractivity contribution is 0.00713. The van der Waals surface area contributed by atoms with Crippen molar-refractivity contribution in [2.45, 2.75) is 31.9 Å². The van der Waals surface area contributed by atoms with E-state index in [0.29, 0.717) is 23.5 Å². The monoisotopic (exact) mass is 291 g/mol. The van der Waals surface area contributed by atoms with Crippen LogP contribution in [0.5, 0.6) is 11.5 Å². The average Bonchev–Trinajstić information content (AvgIpc) is 2.80. The van der Waals surface area contributed by atoms with Crippen molar-refractivity contribution in [1.82, 2.24) is 9.55 Å². The van der Waals surface area contributed by atoms with Crippen LogP contribution in [-0.2, 0) is 4.74 Å². The first-order valence-electron chi connectivity index (χ1n) is 7.15. The number of aromatic nitrogens is 2. The first-order chi connectivity index (χ1) is 10.1. The Morgan fingerprint density at radius 2 is 2.00 bits per heavy atom. The summed E-state index contributed by atoms with van der Waals surface area (Å²) >= 11 is 0. The number of benzene rings is 1. The fourth-order valence-corrected chi connectivity index (χ4v) is 3.03. The van der Waals surface area contributed by atoms with Gasteiger partial charge in [-0.3, -0.25) is 0 Å². The number of hydrogen-bond acceptors (Lipinski definition) is 5. The van der Waals surface area contributed by atoms with E-state index in [0.717, 1.165) is 30.5 Å². The van der Waals surface area contributed by atoms with Gasteiger partial charge in [0.1, 0.15) is 0 Å². The van der Waals surface area contributed by atoms with E-state index in [-0.39, 0.29) is 6.10 Å². The van der Waals surface area contributed by atoms with Gasteiger partial charge in [-0.15, -0.1) is 0 Å². The van der Waals surface area contributed by atoms with Crippen molar-refractivity contribution >= 4 is 17.0 Å². The van der Waals surface area contributed by atoms with Crippen LogP contribution in [0.15, 0.2) is 12.1 Å². The third-order valence-electron chi connectivity index (χ3n) is 4.04. The number of rotatable bonds is 3. The van der Waals surface area contributed by atoms with Gasteiger partial charge in [-0.05, 0) is 19.8 Å². The van der Waals surface area contributed by atoms with E-state index >= 15 is 0 Å². The van der Waals surface area contributed by atoms with Gasteiger partial charge in [0.15, 0.2) is 11.5 Å². The van der Waals surface area contributed by atoms with E-state index in [1.807, 2.05) is 12.1 Å². The van der Waals surface area contributed by atoms with Crippen LogP contribution in [0.2, 0.25) is 0 Å². The maximum Gasteiger partial charge on any atom is 0.201 e. The van der Waals surface area contributed by atoms with Crippen molar-refractivity contribution in [3.8, 4) is 11.5 Å². The van der Waals surface area contributed by atoms with E-state index in [9.17, 15) is 0 Å². The molecule has 2 unspecified atom stereocenters. The zero-order chi connectivity index (χ0) is 15.0. The first kappa shape index (κ1) is 14.0. The van der Waals surface area contributed by atoms with Crippen LogP contribution in [-0.4, -0.2) is 36.5 Å². The van der Waals surface area contributed by atoms with E-state index in [4.69, 9.17) is 19.9 Å². The number of nitrogens with two attached hydrogens (primary N) is 1. The number of imidazole rings is 1. The van der Waals surface area contributed by atoms with Gasteiger partial charge in [0.2, 0.25) is 5.95 Å². The largest absolute Gasteiger partial charge is 0.493 e. The zero-order valence-corrected chi connectivity index (χ0v) is 12.6. The maximum atomic E-state index is 6.14. The molecule has 1 fully saturated rings. The Balaban J connectivity index is 2.11. The fourth-order valence-electron chi connectivity index (χ4n) is 3.03. The summed E-state index contributed by atoms with van der Waals surface area (Å²) in [5.74, 6) is 1.88. The number of nitrogen functional groups attached to an aromatic ring is 1. The molecule has 2 atom stereocenters. The smallest absolute Gasteiger partial charge is 0.201 e. The molecular weight excluding hydrogens is 270 g/mol. The second kappa shape index (κ2) is 5.44. The predicted molar refractivity (Wildman–Crippen MR) is 80.9 cm³/mol. The average molecular weight is 291 g/mol. The molecule has 2 N–H and O–H groups in total. The van der Waals surface area contributed by atoms with Crippen LogP contribution in [0.25, 0.3) is 11.0 Å². The van der Waals surface area contributed by atoms with Crippen molar-refractivity contribution in [2.75, 3.05) is 26.6 Å². The summed E-state index contributed by atoms with van der Waals surface area (Å²) in [6, 6.07) is 4.11. The van der Waals surface area contributed by atoms with Crippen molar-refractivity contribution in [2.24, 2.45) is 0 Å². The minimum atomic E-state index is 0.237. The number of methoxy groups -OCH3 is 2. The van der Waals surface area contributed by atoms with Crippen LogP contribution in [0.3, 0.4) is 0 Å². The minimum absolute atomic E-state index is 0.237. The number of ether oxygens (including phenoxy) is 3. The number of anilines is 1. The van der Waals surface area contributed by atoms with Gasteiger partial charge in [0.25, 0.3) is 0 Å². The number of hydrogen-bond donors (Lipinski definition) is 1. The molecule has 1 saturated heterocycles. The van der Waals surface area contributed by atoms with Crippen molar-refractivity contribution in [3.63, 3.8) is 0 Å². The van der Waals surface area contributed by atoms with Crippen LogP contribution >= 0.6 is 0 Å². The lowest BCUT2D eigenvalue weighted by Gasteiger charge is -2.29. The standard InChI is InChI=1S/C15H21N3O3/c1-9-6-10(4-5-21-9)18-12-8-14(20-3)13(19-2)7-11(12)17-15(18)16/h7-10H,4-6H2,1-3H3,(H2,16,17). The van der Waals surface area contributed by atoms with Gasteiger partial charge in [0.05, 0.1) is 31.4 Å². The molecule has 1 aromatic heterocycles. The topological polar surface area (TPSA) is 71.5 Å². The molecule has 0 amide bonds. The van der Waals surface area contributed by atoms with Gasteiger partial charge in [0, 0.05) is 24.8 Å². The molecule has 2 heterocycles. The molecular formula is C15H21N3O3. The highest BCUT2D eigenvalue weighted by molar-refractivity contribution is 5.82. The molecule has 1 aliphatic rings. The molecule has 6 heteroatoms. The lowest BCUT2D eigenvalue weighted by Crippen LogP contribution is -2.26. The van der Waals surface area contributed by atoms with Crippen LogP contribution < -0.4 is 15.2 Å². The van der Waals surface area contributed by atoms with Gasteiger partial charge < -0.3 is 24.5 Å². The summed E-state index contributed by atoms with van der Waals surface area (Å²) in [6.45, 7) is 2.84. The second-order valence-electron chi connectivity index (χ2n) is 5.40. The molecule has 21 heavy (non-hydrogen) atoms. The SMILES string of the molecule is COc1cc2nc(N)n(C3CCOC(C)C3)c2cc1OC. The Bertz CT molecular complexity index is 653. The Morgan fingerprint density at radius 1 is 1.29 bits per heavy atom. The molecule has 3 rings (SSSR count). The minimum Gasteiger partial charge on any atom is -0.493 e. The summed E-state index contributed by atoms with van der Waals surface area (Å²) in [4.78, 5) is 4.46. The molecule has 1 aromatic carbocycles. The predicted octanol–water partition coefficient (Wildman–Crippen LogP) is 2.38. The van der Waals surface area contributed by atoms with Crippen LogP contribution in [0.4, 0.5) is 5.95 Å². The van der Waals surface area contributed by atoms with E-state index in [2.05, 4.69) is 16.5 Å². The number of nitrogens with zero attached hydrogens (tertiary/aromatic N) is 2. The van der Waals surface area contributed by atoms with Gasteiger partial charge in [-0.2, -0.15) is 0 Å². The quantitative estimate of drug-likeness (QED) is 0.940. The molecule has 114 valence electrons. The molecule has 0 radical (unpaired) electrons. The van der Waals surface area contributed by atoms with Gasteiger partial charge >= 0.3 is 0 Å². The Labute approximate surface area is 123 Å². The summed E-state index contributed by atoms with van der Waals surface area (Å²) in [7, 11) is 3.24. The Kier molecular flexibility index (Phi) is 3.63. The van der Waals surface area contributed by atoms with Crippen molar-refractivity contribution in [3.05, 3.63) is 12.1 Å².